The van der Waals surface area contributed by atoms with Crippen molar-refractivity contribution >= 4 is 51.6 Å². The second-order valence-corrected chi connectivity index (χ2v) is 9.21. The van der Waals surface area contributed by atoms with Gasteiger partial charge < -0.3 is 19.8 Å². The Kier molecular flexibility index (Phi) is 6.07. The number of hydrogen-bond donors (Lipinski definition) is 1. The highest BCUT2D eigenvalue weighted by Gasteiger charge is 2.33. The van der Waals surface area contributed by atoms with Gasteiger partial charge >= 0.3 is 6.09 Å². The molecule has 8 nitrogen and oxygen atoms in total. The Morgan fingerprint density at radius 1 is 1.12 bits per heavy atom. The molecule has 2 aliphatic rings. The maximum absolute atomic E-state index is 11.6. The fourth-order valence-corrected chi connectivity index (χ4v) is 5.43. The number of benzene rings is 2. The molecule has 0 bridgehead atoms. The predicted molar refractivity (Wildman–Crippen MR) is 132 cm³/mol. The van der Waals surface area contributed by atoms with Crippen LogP contribution in [0, 0.1) is 11.3 Å². The molecule has 1 atom stereocenters. The Morgan fingerprint density at radius 2 is 1.91 bits per heavy atom. The molecule has 2 aliphatic heterocycles. The average molecular weight is 497 g/mol. The molecule has 5 rings (SSSR count). The fraction of sp³-hybridized carbons (Fsp3) is 0.333. The minimum Gasteiger partial charge on any atom is -0.465 e. The van der Waals surface area contributed by atoms with Gasteiger partial charge in [0.1, 0.15) is 5.82 Å². The van der Waals surface area contributed by atoms with Gasteiger partial charge in [-0.25, -0.2) is 14.8 Å². The first kappa shape index (κ1) is 22.5. The lowest BCUT2D eigenvalue weighted by atomic mass is 10.0. The van der Waals surface area contributed by atoms with Crippen LogP contribution in [-0.2, 0) is 13.0 Å². The van der Waals surface area contributed by atoms with E-state index in [0.29, 0.717) is 37.6 Å². The lowest BCUT2D eigenvalue weighted by Gasteiger charge is -2.41. The van der Waals surface area contributed by atoms with E-state index in [9.17, 15) is 15.2 Å². The van der Waals surface area contributed by atoms with E-state index in [4.69, 9.17) is 23.2 Å². The number of halogens is 2. The minimum atomic E-state index is -1.01. The third-order valence-electron chi connectivity index (χ3n) is 6.54. The summed E-state index contributed by atoms with van der Waals surface area (Å²) in [5, 5.41) is 21.6. The summed E-state index contributed by atoms with van der Waals surface area (Å²) in [6, 6.07) is 13.7. The first-order chi connectivity index (χ1) is 16.5. The highest BCUT2D eigenvalue weighted by Crippen LogP contribution is 2.37. The molecule has 0 spiro atoms. The molecule has 0 unspecified atom stereocenters. The number of hydrogen-bond acceptors (Lipinski definition) is 6. The largest absolute Gasteiger partial charge is 0.465 e. The van der Waals surface area contributed by atoms with Gasteiger partial charge in [0.15, 0.2) is 0 Å². The predicted octanol–water partition coefficient (Wildman–Crippen LogP) is 4.58. The van der Waals surface area contributed by atoms with Crippen LogP contribution in [0.1, 0.15) is 17.7 Å². The molecule has 174 valence electrons. The van der Waals surface area contributed by atoms with E-state index in [0.717, 1.165) is 40.1 Å². The van der Waals surface area contributed by atoms with Gasteiger partial charge in [-0.3, -0.25) is 0 Å². The number of carbonyl (C=O) groups is 1. The van der Waals surface area contributed by atoms with Crippen molar-refractivity contribution in [1.29, 1.82) is 5.26 Å². The Labute approximate surface area is 206 Å². The molecule has 1 N–H and O–H groups in total. The van der Waals surface area contributed by atoms with E-state index in [1.807, 2.05) is 35.2 Å². The Hall–Kier alpha value is -3.28. The third-order valence-corrected chi connectivity index (χ3v) is 7.03. The maximum Gasteiger partial charge on any atom is 0.407 e. The van der Waals surface area contributed by atoms with E-state index in [1.165, 1.54) is 4.90 Å². The molecular weight excluding hydrogens is 475 g/mol. The van der Waals surface area contributed by atoms with Crippen LogP contribution in [0.3, 0.4) is 0 Å². The number of carboxylic acid groups (broad SMARTS) is 1. The molecule has 34 heavy (non-hydrogen) atoms. The standard InChI is InChI=1S/C24H22Cl2N6O2/c25-18-5-1-3-15-4-2-6-20(21(15)18)30-10-8-17-19(14-30)28-23(26)29-22(17)31-11-12-32(24(33)34)16(13-31)7-9-27/h1-6,16H,7-8,10-14H2,(H,33,34)/t16-/m0/s1. The second kappa shape index (κ2) is 9.16. The number of piperazine rings is 1. The molecule has 1 aromatic heterocycles. The highest BCUT2D eigenvalue weighted by atomic mass is 35.5. The molecule has 1 amide bonds. The highest BCUT2D eigenvalue weighted by molar-refractivity contribution is 6.36. The molecule has 1 fully saturated rings. The molecule has 0 aliphatic carbocycles. The van der Waals surface area contributed by atoms with Crippen LogP contribution in [-0.4, -0.2) is 58.3 Å². The number of anilines is 2. The zero-order chi connectivity index (χ0) is 23.8. The van der Waals surface area contributed by atoms with Crippen LogP contribution in [0.5, 0.6) is 0 Å². The summed E-state index contributed by atoms with van der Waals surface area (Å²) in [5.74, 6) is 0.735. The van der Waals surface area contributed by atoms with Gasteiger partial charge in [-0.1, -0.05) is 35.9 Å². The Bertz CT molecular complexity index is 1310. The van der Waals surface area contributed by atoms with Gasteiger partial charge in [-0.05, 0) is 35.5 Å². The summed E-state index contributed by atoms with van der Waals surface area (Å²) >= 11 is 12.9. The fourth-order valence-electron chi connectivity index (χ4n) is 4.97. The zero-order valence-corrected chi connectivity index (χ0v) is 19.8. The minimum absolute atomic E-state index is 0.124. The maximum atomic E-state index is 11.6. The van der Waals surface area contributed by atoms with Gasteiger partial charge in [0, 0.05) is 42.8 Å². The number of aromatic nitrogens is 2. The van der Waals surface area contributed by atoms with E-state index in [-0.39, 0.29) is 11.7 Å². The van der Waals surface area contributed by atoms with Crippen molar-refractivity contribution in [2.24, 2.45) is 0 Å². The van der Waals surface area contributed by atoms with E-state index in [1.54, 1.807) is 0 Å². The lowest BCUT2D eigenvalue weighted by Crippen LogP contribution is -2.55. The summed E-state index contributed by atoms with van der Waals surface area (Å²) in [6.07, 6.45) is -0.170. The molecule has 10 heteroatoms. The van der Waals surface area contributed by atoms with E-state index in [2.05, 4.69) is 27.0 Å². The summed E-state index contributed by atoms with van der Waals surface area (Å²) in [4.78, 5) is 26.3. The summed E-state index contributed by atoms with van der Waals surface area (Å²) in [6.45, 7) is 2.50. The quantitative estimate of drug-likeness (QED) is 0.529. The zero-order valence-electron chi connectivity index (χ0n) is 18.3. The van der Waals surface area contributed by atoms with Gasteiger partial charge in [-0.15, -0.1) is 0 Å². The van der Waals surface area contributed by atoms with E-state index < -0.39 is 12.1 Å². The topological polar surface area (TPSA) is 96.6 Å². The molecular formula is C24H22Cl2N6O2. The Balaban J connectivity index is 1.47. The number of fused-ring (bicyclic) bond motifs is 2. The number of nitrogens with zero attached hydrogens (tertiary/aromatic N) is 6. The van der Waals surface area contributed by atoms with Crippen molar-refractivity contribution < 1.29 is 9.90 Å². The van der Waals surface area contributed by atoms with Crippen LogP contribution >= 0.6 is 23.2 Å². The normalized spacial score (nSPS) is 18.0. The number of rotatable bonds is 3. The average Bonchev–Trinajstić information content (AvgIpc) is 2.83. The van der Waals surface area contributed by atoms with Crippen molar-refractivity contribution in [3.63, 3.8) is 0 Å². The monoisotopic (exact) mass is 496 g/mol. The van der Waals surface area contributed by atoms with Crippen LogP contribution in [0.25, 0.3) is 10.8 Å². The van der Waals surface area contributed by atoms with Crippen molar-refractivity contribution in [2.45, 2.75) is 25.4 Å². The summed E-state index contributed by atoms with van der Waals surface area (Å²) in [5.41, 5.74) is 2.92. The SMILES string of the molecule is N#CC[C@H]1CN(c2nc(Cl)nc3c2CCN(c2cccc4cccc(Cl)c24)C3)CCN1C(=O)O. The van der Waals surface area contributed by atoms with Crippen molar-refractivity contribution in [3.05, 3.63) is 58.0 Å². The van der Waals surface area contributed by atoms with Crippen LogP contribution < -0.4 is 9.80 Å². The summed E-state index contributed by atoms with van der Waals surface area (Å²) in [7, 11) is 0. The third kappa shape index (κ3) is 4.06. The number of amides is 1. The van der Waals surface area contributed by atoms with Crippen LogP contribution in [0.2, 0.25) is 10.3 Å². The lowest BCUT2D eigenvalue weighted by molar-refractivity contribution is 0.119. The number of nitriles is 1. The van der Waals surface area contributed by atoms with Crippen LogP contribution in [0.15, 0.2) is 36.4 Å². The molecule has 2 aromatic carbocycles. The first-order valence-corrected chi connectivity index (χ1v) is 11.8. The van der Waals surface area contributed by atoms with Gasteiger partial charge in [0.05, 0.1) is 35.8 Å². The Morgan fingerprint density at radius 3 is 2.68 bits per heavy atom. The van der Waals surface area contributed by atoms with Crippen molar-refractivity contribution in [1.82, 2.24) is 14.9 Å². The molecule has 1 saturated heterocycles. The first-order valence-electron chi connectivity index (χ1n) is 11.0. The van der Waals surface area contributed by atoms with Crippen molar-refractivity contribution in [3.8, 4) is 6.07 Å². The summed E-state index contributed by atoms with van der Waals surface area (Å²) < 4.78 is 0. The molecule has 0 radical (unpaired) electrons. The molecule has 3 aromatic rings. The molecule has 0 saturated carbocycles. The van der Waals surface area contributed by atoms with Crippen molar-refractivity contribution in [2.75, 3.05) is 36.0 Å². The van der Waals surface area contributed by atoms with Gasteiger partial charge in [-0.2, -0.15) is 5.26 Å². The second-order valence-electron chi connectivity index (χ2n) is 8.47. The van der Waals surface area contributed by atoms with Gasteiger partial charge in [0.25, 0.3) is 0 Å². The molecule has 3 heterocycles. The van der Waals surface area contributed by atoms with E-state index >= 15 is 0 Å². The van der Waals surface area contributed by atoms with Crippen LogP contribution in [0.4, 0.5) is 16.3 Å². The van der Waals surface area contributed by atoms with Gasteiger partial charge in [0.2, 0.25) is 5.28 Å². The smallest absolute Gasteiger partial charge is 0.407 e.